The van der Waals surface area contributed by atoms with Gasteiger partial charge in [-0.2, -0.15) is 0 Å². The maximum atomic E-state index is 13.3. The number of unbranched alkanes of at least 4 members (excludes halogenated alkanes) is 1. The number of hydrogen-bond acceptors (Lipinski definition) is 18. The molecule has 2 aromatic rings. The van der Waals surface area contributed by atoms with E-state index in [1.807, 2.05) is 0 Å². The highest BCUT2D eigenvalue weighted by atomic mass is 28.5. The molecule has 0 aliphatic heterocycles. The van der Waals surface area contributed by atoms with Crippen molar-refractivity contribution in [2.75, 3.05) is 46.2 Å². The molecule has 0 aliphatic rings. The van der Waals surface area contributed by atoms with Gasteiger partial charge in [0.25, 0.3) is 0 Å². The van der Waals surface area contributed by atoms with Crippen molar-refractivity contribution in [1.82, 2.24) is 0 Å². The van der Waals surface area contributed by atoms with Crippen molar-refractivity contribution in [3.8, 4) is 119 Å². The van der Waals surface area contributed by atoms with Gasteiger partial charge in [-0.3, -0.25) is 4.79 Å². The summed E-state index contributed by atoms with van der Waals surface area (Å²) >= 11 is 0. The molecule has 0 heterocycles. The highest BCUT2D eigenvalue weighted by Gasteiger charge is 2.52. The molecule has 101 heavy (non-hydrogen) atoms. The first-order chi connectivity index (χ1) is 46.4. The largest absolute Gasteiger partial charge is 0.491 e. The number of carbonyl (C=O) groups is 1. The molecule has 0 atom stereocenters. The molecule has 18 nitrogen and oxygen atoms in total. The summed E-state index contributed by atoms with van der Waals surface area (Å²) in [5, 5.41) is 0. The fourth-order valence-electron chi connectivity index (χ4n) is 11.7. The van der Waals surface area contributed by atoms with Gasteiger partial charge >= 0.3 is 94.2 Å². The van der Waals surface area contributed by atoms with Crippen LogP contribution < -0.4 is 9.47 Å². The van der Waals surface area contributed by atoms with Crippen molar-refractivity contribution in [3.05, 3.63) is 59.7 Å². The number of ether oxygens (including phenoxy) is 5. The second kappa shape index (κ2) is 42.2. The normalized spacial score (nSPS) is 12.5. The Balaban J connectivity index is 1.77. The highest BCUT2D eigenvalue weighted by molar-refractivity contribution is 6.94. The maximum absolute atomic E-state index is 13.3. The average Bonchev–Trinajstić information content (AvgIpc) is 0.810. The predicted molar refractivity (Wildman–Crippen MR) is 435 cm³/mol. The zero-order chi connectivity index (χ0) is 76.6. The zero-order valence-corrected chi connectivity index (χ0v) is 78.5. The molecular weight excluding hydrogens is 1490 g/mol. The summed E-state index contributed by atoms with van der Waals surface area (Å²) in [7, 11) is -34.2. The van der Waals surface area contributed by atoms with Gasteiger partial charge in [0.15, 0.2) is 22.4 Å². The van der Waals surface area contributed by atoms with E-state index >= 15 is 0 Å². The molecule has 31 heteroatoms. The van der Waals surface area contributed by atoms with Gasteiger partial charge in [-0.05, 0) is 285 Å². The molecule has 2 aromatic carbocycles. The molecule has 2 rings (SSSR count). The molecule has 0 aliphatic carbocycles. The fourth-order valence-corrected chi connectivity index (χ4v) is 78.6. The molecule has 0 N–H and O–H groups in total. The van der Waals surface area contributed by atoms with E-state index in [9.17, 15) is 4.79 Å². The summed E-state index contributed by atoms with van der Waals surface area (Å²) < 4.78 is 111. The van der Waals surface area contributed by atoms with Crippen molar-refractivity contribution in [3.63, 3.8) is 0 Å². The first kappa shape index (κ1) is 92.9. The molecule has 0 saturated carbocycles. The number of rotatable bonds is 44. The lowest BCUT2D eigenvalue weighted by Gasteiger charge is -2.45. The van der Waals surface area contributed by atoms with Crippen molar-refractivity contribution >= 4 is 117 Å². The molecule has 0 aromatic heterocycles. The Morgan fingerprint density at radius 3 is 0.842 bits per heavy atom. The van der Waals surface area contributed by atoms with Crippen LogP contribution in [0.1, 0.15) is 42.1 Å². The van der Waals surface area contributed by atoms with Gasteiger partial charge in [0.1, 0.15) is 37.4 Å². The Labute approximate surface area is 623 Å². The number of ketones is 1. The molecule has 0 bridgehead atoms. The van der Waals surface area contributed by atoms with Crippen LogP contribution in [0.4, 0.5) is 0 Å². The predicted octanol–water partition coefficient (Wildman–Crippen LogP) is 14.9. The second-order valence-electron chi connectivity index (χ2n) is 29.6. The first-order valence-corrected chi connectivity index (χ1v) is 71.3. The summed E-state index contributed by atoms with van der Waals surface area (Å²) in [6, 6.07) is 16.1. The zero-order valence-electron chi connectivity index (χ0n) is 65.5. The van der Waals surface area contributed by atoms with Crippen molar-refractivity contribution in [1.29, 1.82) is 0 Å². The van der Waals surface area contributed by atoms with E-state index in [0.717, 1.165) is 24.9 Å². The summed E-state index contributed by atoms with van der Waals surface area (Å²) in [4.78, 5) is 13.3. The number of terminal acetylenes is 1. The number of carbonyl (C=O) groups excluding carboxylic acids is 1. The van der Waals surface area contributed by atoms with Crippen molar-refractivity contribution in [2.24, 2.45) is 0 Å². The van der Waals surface area contributed by atoms with E-state index in [-0.39, 0.29) is 12.4 Å². The third-order valence-corrected chi connectivity index (χ3v) is 63.6. The Hall–Kier alpha value is -4.19. The Morgan fingerprint density at radius 1 is 0.307 bits per heavy atom. The maximum Gasteiger partial charge on any atom is 0.314 e. The van der Waals surface area contributed by atoms with Crippen LogP contribution in [0.3, 0.4) is 0 Å². The van der Waals surface area contributed by atoms with E-state index in [1.54, 1.807) is 48.5 Å². The monoisotopic (exact) mass is 1610 g/mol. The smallest absolute Gasteiger partial charge is 0.314 e. The fraction of sp³-hybridized carbons (Fsp3) is 0.557. The van der Waals surface area contributed by atoms with Gasteiger partial charge in [-0.15, -0.1) is 6.42 Å². The standard InChI is InChI=1S/C70H114O18Si13/c1-29-31-33-34-35-36-37-38-39-40-41-42-43-44-45-46-56-72-58-59-74-61-63-76-69-54-50-67(51-55-69)70(71)66-48-52-68(53-49-66)75-62-60-73-57-47-65-90(5,6)78-92(9,10)80-94(13,14)82-96(17,18)84-98(21,22)86-100(25,26)88-101(27,28)87-99(23,24)85-97(19,20)83-95(15,16)81-93(11,12)79-91(7,8)77-89(3,4)64-32-30-2/h1,48-55H,30,32,47,57-65H2,2-28H3. The SMILES string of the molecule is C#CC#CC#CC#CC#CC#CC#CC#CC#COCCOCCOc1ccc(C(=O)c2ccc(OCCOCCC[Si](C)(C)O[Si](C)(C)O[Si](C)(C)O[Si](C)(C)O[Si](C)(C)O[Si](C)(C)O[Si](C)(C)O[Si](C)(C)O[Si](C)(C)O[Si](C)(C)O[Si](C)(C)O[Si](C)(C)O[Si](C)(C)CCCC)cc2)cc1. The van der Waals surface area contributed by atoms with Gasteiger partial charge in [0, 0.05) is 65.1 Å². The minimum Gasteiger partial charge on any atom is -0.491 e. The molecule has 554 valence electrons. The van der Waals surface area contributed by atoms with Crippen LogP contribution in [0.25, 0.3) is 0 Å². The van der Waals surface area contributed by atoms with Gasteiger partial charge in [-0.1, -0.05) is 19.8 Å². The molecular formula is C70H114O18Si13. The lowest BCUT2D eigenvalue weighted by atomic mass is 10.0. The van der Waals surface area contributed by atoms with Crippen LogP contribution in [0.5, 0.6) is 11.5 Å². The lowest BCUT2D eigenvalue weighted by Crippen LogP contribution is -2.63. The molecule has 0 unspecified atom stereocenters. The van der Waals surface area contributed by atoms with Crippen molar-refractivity contribution in [2.45, 2.75) is 208 Å². The van der Waals surface area contributed by atoms with Gasteiger partial charge in [0.2, 0.25) is 0 Å². The summed E-state index contributed by atoms with van der Waals surface area (Å²) in [5.41, 5.74) is 1.08. The van der Waals surface area contributed by atoms with Crippen LogP contribution in [-0.2, 0) is 63.6 Å². The second-order valence-corrected chi connectivity index (χ2v) is 78.3. The van der Waals surface area contributed by atoms with Crippen molar-refractivity contribution < 1.29 is 77.9 Å². The van der Waals surface area contributed by atoms with Gasteiger partial charge in [-0.25, -0.2) is 0 Å². The van der Waals surface area contributed by atoms with E-state index in [0.29, 0.717) is 62.3 Å². The average molecular weight is 1610 g/mol. The third kappa shape index (κ3) is 45.0. The molecule has 0 radical (unpaired) electrons. The Kier molecular flexibility index (Phi) is 38.8. The number of benzene rings is 2. The first-order valence-electron chi connectivity index (χ1n) is 34.1. The molecule has 0 spiro atoms. The summed E-state index contributed by atoms with van der Waals surface area (Å²) in [5.74, 6) is 40.8. The highest BCUT2D eigenvalue weighted by Crippen LogP contribution is 2.33. The summed E-state index contributed by atoms with van der Waals surface area (Å²) in [6.45, 7) is 59.6. The summed E-state index contributed by atoms with van der Waals surface area (Å²) in [6.07, 6.45) is 10.6. The van der Waals surface area contributed by atoms with E-state index < -0.39 is 111 Å². The quantitative estimate of drug-likeness (QED) is 0.0265. The molecule has 0 fully saturated rings. The van der Waals surface area contributed by atoms with Gasteiger partial charge in [0.05, 0.1) is 19.8 Å². The van der Waals surface area contributed by atoms with Gasteiger partial charge < -0.3 is 73.1 Å². The molecule has 0 saturated heterocycles. The van der Waals surface area contributed by atoms with Crippen LogP contribution in [-0.4, -0.2) is 163 Å². The molecule has 0 amide bonds. The van der Waals surface area contributed by atoms with Crippen LogP contribution in [0.15, 0.2) is 48.5 Å². The minimum absolute atomic E-state index is 0.115. The van der Waals surface area contributed by atoms with E-state index in [4.69, 9.17) is 79.5 Å². The van der Waals surface area contributed by atoms with Crippen LogP contribution >= 0.6 is 0 Å². The third-order valence-electron chi connectivity index (χ3n) is 12.8. The van der Waals surface area contributed by atoms with E-state index in [2.05, 4.69) is 278 Å². The van der Waals surface area contributed by atoms with Crippen LogP contribution in [0.2, 0.25) is 182 Å². The van der Waals surface area contributed by atoms with E-state index in [1.165, 1.54) is 6.42 Å². The van der Waals surface area contributed by atoms with Crippen LogP contribution in [0, 0.1) is 107 Å². The topological polar surface area (TPSA) is 174 Å². The minimum atomic E-state index is -2.84. The lowest BCUT2D eigenvalue weighted by molar-refractivity contribution is 0.0697. The number of hydrogen-bond donors (Lipinski definition) is 0. The Bertz CT molecular complexity index is 3570. The Morgan fingerprint density at radius 2 is 0.554 bits per heavy atom.